The molecule has 5 heterocycles. The molecule has 13 heteroatoms. The van der Waals surface area contributed by atoms with Crippen LogP contribution in [0, 0.1) is 16.9 Å². The molecule has 3 aromatic heterocycles. The maximum Gasteiger partial charge on any atom is 0.341 e. The minimum absolute atomic E-state index is 0.00611. The lowest BCUT2D eigenvalue weighted by molar-refractivity contribution is -0.126. The molecule has 1 amide bonds. The second kappa shape index (κ2) is 9.30. The van der Waals surface area contributed by atoms with Crippen molar-refractivity contribution in [2.24, 2.45) is 5.92 Å². The molecule has 0 bridgehead atoms. The van der Waals surface area contributed by atoms with E-state index in [0.717, 1.165) is 42.3 Å². The first-order valence-electron chi connectivity index (χ1n) is 11.1. The summed E-state index contributed by atoms with van der Waals surface area (Å²) in [5.41, 5.74) is -1.60. The van der Waals surface area contributed by atoms with Crippen molar-refractivity contribution in [2.45, 2.75) is 25.4 Å². The highest BCUT2D eigenvalue weighted by Gasteiger charge is 2.35. The average Bonchev–Trinajstić information content (AvgIpc) is 3.24. The van der Waals surface area contributed by atoms with Crippen molar-refractivity contribution in [2.75, 3.05) is 31.1 Å². The number of aromatic carboxylic acids is 1. The molecule has 184 valence electrons. The molecule has 1 atom stereocenters. The third-order valence-corrected chi connectivity index (χ3v) is 6.93. The number of carbonyl (C=O) groups is 2. The summed E-state index contributed by atoms with van der Waals surface area (Å²) in [6.45, 7) is 1.56. The van der Waals surface area contributed by atoms with E-state index in [9.17, 15) is 28.3 Å². The second-order valence-electron chi connectivity index (χ2n) is 8.49. The number of pyridine rings is 2. The predicted molar refractivity (Wildman–Crippen MR) is 122 cm³/mol. The van der Waals surface area contributed by atoms with E-state index in [1.807, 2.05) is 0 Å². The molecule has 0 spiro atoms. The Labute approximate surface area is 201 Å². The van der Waals surface area contributed by atoms with E-state index in [4.69, 9.17) is 4.74 Å². The van der Waals surface area contributed by atoms with Gasteiger partial charge in [-0.25, -0.2) is 19.2 Å². The molecule has 2 aliphatic rings. The summed E-state index contributed by atoms with van der Waals surface area (Å²) >= 11 is 0.621. The Morgan fingerprint density at radius 2 is 2.09 bits per heavy atom. The van der Waals surface area contributed by atoms with E-state index in [-0.39, 0.29) is 53.0 Å². The zero-order valence-corrected chi connectivity index (χ0v) is 19.2. The van der Waals surface area contributed by atoms with Crippen molar-refractivity contribution < 1.29 is 28.2 Å². The maximum absolute atomic E-state index is 15.0. The number of nitrogens with one attached hydrogen (secondary N) is 1. The number of hydrogen-bond acceptors (Lipinski definition) is 8. The standard InChI is InChI=1S/C22H21F2N5O5S/c23-15-5-13-17(30)14(21(32)33)10-29(22-26-7-16(24)35-22)18(13)27-19(15)28-8-11(9-28)20(31)25-6-12-3-1-2-4-34-12/h5,7,10-12H,1-4,6,8-9H2,(H,25,31)(H,32,33). The fourth-order valence-corrected chi connectivity index (χ4v) is 4.86. The normalized spacial score (nSPS) is 18.5. The number of hydrogen-bond donors (Lipinski definition) is 2. The molecule has 2 saturated heterocycles. The summed E-state index contributed by atoms with van der Waals surface area (Å²) < 4.78 is 35.4. The second-order valence-corrected chi connectivity index (χ2v) is 9.45. The molecule has 0 saturated carbocycles. The van der Waals surface area contributed by atoms with Crippen LogP contribution in [0.5, 0.6) is 0 Å². The number of carboxylic acids is 1. The Morgan fingerprint density at radius 1 is 1.29 bits per heavy atom. The average molecular weight is 506 g/mol. The highest BCUT2D eigenvalue weighted by molar-refractivity contribution is 7.12. The highest BCUT2D eigenvalue weighted by atomic mass is 32.1. The maximum atomic E-state index is 15.0. The van der Waals surface area contributed by atoms with E-state index in [1.54, 1.807) is 4.90 Å². The number of ether oxygens (including phenoxy) is 1. The number of rotatable bonds is 6. The predicted octanol–water partition coefficient (Wildman–Crippen LogP) is 1.94. The number of fused-ring (bicyclic) bond motifs is 1. The minimum Gasteiger partial charge on any atom is -0.477 e. The molecule has 2 aliphatic heterocycles. The number of carboxylic acid groups (broad SMARTS) is 1. The van der Waals surface area contributed by atoms with Crippen molar-refractivity contribution in [3.8, 4) is 5.13 Å². The Balaban J connectivity index is 1.40. The summed E-state index contributed by atoms with van der Waals surface area (Å²) in [5, 5.41) is 11.4. The summed E-state index contributed by atoms with van der Waals surface area (Å²) in [7, 11) is 0. The summed E-state index contributed by atoms with van der Waals surface area (Å²) in [4.78, 5) is 46.4. The number of carbonyl (C=O) groups excluding carboxylic acids is 1. The Morgan fingerprint density at radius 3 is 2.74 bits per heavy atom. The van der Waals surface area contributed by atoms with Crippen molar-refractivity contribution in [1.29, 1.82) is 0 Å². The Kier molecular flexibility index (Phi) is 6.19. The van der Waals surface area contributed by atoms with Gasteiger partial charge in [0.25, 0.3) is 0 Å². The minimum atomic E-state index is -1.51. The van der Waals surface area contributed by atoms with Crippen molar-refractivity contribution >= 4 is 40.1 Å². The molecular formula is C22H21F2N5O5S. The topological polar surface area (TPSA) is 127 Å². The van der Waals surface area contributed by atoms with Gasteiger partial charge in [0.1, 0.15) is 5.56 Å². The van der Waals surface area contributed by atoms with Gasteiger partial charge in [-0.1, -0.05) is 11.3 Å². The van der Waals surface area contributed by atoms with Gasteiger partial charge in [0.2, 0.25) is 11.3 Å². The molecular weight excluding hydrogens is 484 g/mol. The van der Waals surface area contributed by atoms with Crippen molar-refractivity contribution in [3.05, 3.63) is 45.2 Å². The fraction of sp³-hybridized carbons (Fsp3) is 0.409. The van der Waals surface area contributed by atoms with Crippen LogP contribution in [0.25, 0.3) is 16.2 Å². The van der Waals surface area contributed by atoms with Crippen LogP contribution < -0.4 is 15.6 Å². The number of nitrogens with zero attached hydrogens (tertiary/aromatic N) is 4. The van der Waals surface area contributed by atoms with Crippen LogP contribution in [0.3, 0.4) is 0 Å². The van der Waals surface area contributed by atoms with Crippen LogP contribution in [0.1, 0.15) is 29.6 Å². The first kappa shape index (κ1) is 23.3. The number of aromatic nitrogens is 3. The fourth-order valence-electron chi connectivity index (χ4n) is 4.24. The Hall–Kier alpha value is -3.45. The number of thiazole rings is 1. The van der Waals surface area contributed by atoms with Gasteiger partial charge in [-0.15, -0.1) is 0 Å². The first-order chi connectivity index (χ1) is 16.8. The molecule has 0 aromatic carbocycles. The lowest BCUT2D eigenvalue weighted by Crippen LogP contribution is -2.55. The van der Waals surface area contributed by atoms with Crippen LogP contribution in [-0.4, -0.2) is 63.9 Å². The summed E-state index contributed by atoms with van der Waals surface area (Å²) in [5.74, 6) is -2.95. The molecule has 1 unspecified atom stereocenters. The van der Waals surface area contributed by atoms with Crippen LogP contribution in [0.2, 0.25) is 0 Å². The van der Waals surface area contributed by atoms with Gasteiger partial charge in [-0.3, -0.25) is 14.2 Å². The van der Waals surface area contributed by atoms with E-state index >= 15 is 0 Å². The number of anilines is 1. The third kappa shape index (κ3) is 4.48. The molecule has 5 rings (SSSR count). The van der Waals surface area contributed by atoms with Crippen LogP contribution in [0.4, 0.5) is 14.6 Å². The molecule has 2 fully saturated rings. The van der Waals surface area contributed by atoms with Gasteiger partial charge in [0.15, 0.2) is 27.5 Å². The molecule has 0 aliphatic carbocycles. The van der Waals surface area contributed by atoms with E-state index in [0.29, 0.717) is 24.5 Å². The van der Waals surface area contributed by atoms with Gasteiger partial charge < -0.3 is 20.1 Å². The highest BCUT2D eigenvalue weighted by Crippen LogP contribution is 2.29. The zero-order valence-electron chi connectivity index (χ0n) is 18.4. The monoisotopic (exact) mass is 505 g/mol. The first-order valence-corrected chi connectivity index (χ1v) is 11.9. The van der Waals surface area contributed by atoms with Gasteiger partial charge in [0, 0.05) is 32.4 Å². The lowest BCUT2D eigenvalue weighted by atomic mass is 9.98. The Bertz CT molecular complexity index is 1360. The van der Waals surface area contributed by atoms with Gasteiger partial charge in [-0.2, -0.15) is 4.39 Å². The van der Waals surface area contributed by atoms with E-state index in [1.165, 1.54) is 0 Å². The van der Waals surface area contributed by atoms with Crippen molar-refractivity contribution in [3.63, 3.8) is 0 Å². The smallest absolute Gasteiger partial charge is 0.341 e. The van der Waals surface area contributed by atoms with Gasteiger partial charge in [0.05, 0.1) is 23.6 Å². The summed E-state index contributed by atoms with van der Waals surface area (Å²) in [6.07, 6.45) is 4.95. The quantitative estimate of drug-likeness (QED) is 0.521. The third-order valence-electron chi connectivity index (χ3n) is 6.14. The molecule has 35 heavy (non-hydrogen) atoms. The van der Waals surface area contributed by atoms with Crippen molar-refractivity contribution in [1.82, 2.24) is 19.9 Å². The SMILES string of the molecule is O=C(O)c1cn(-c2ncc(F)s2)c2nc(N3CC(C(=O)NCC4CCCCO4)C3)c(F)cc2c1=O. The number of halogens is 2. The van der Waals surface area contributed by atoms with Gasteiger partial charge in [-0.05, 0) is 25.3 Å². The lowest BCUT2D eigenvalue weighted by Gasteiger charge is -2.39. The molecule has 0 radical (unpaired) electrons. The zero-order chi connectivity index (χ0) is 24.7. The van der Waals surface area contributed by atoms with Gasteiger partial charge >= 0.3 is 5.97 Å². The largest absolute Gasteiger partial charge is 0.477 e. The van der Waals surface area contributed by atoms with Crippen LogP contribution in [-0.2, 0) is 9.53 Å². The molecule has 2 N–H and O–H groups in total. The summed E-state index contributed by atoms with van der Waals surface area (Å²) in [6, 6.07) is 0.917. The molecule has 3 aromatic rings. The van der Waals surface area contributed by atoms with Crippen LogP contribution in [0.15, 0.2) is 23.3 Å². The molecule has 10 nitrogen and oxygen atoms in total. The number of amides is 1. The van der Waals surface area contributed by atoms with E-state index < -0.39 is 27.9 Å². The van der Waals surface area contributed by atoms with E-state index in [2.05, 4.69) is 15.3 Å². The van der Waals surface area contributed by atoms with Crippen LogP contribution >= 0.6 is 11.3 Å².